The van der Waals surface area contributed by atoms with E-state index in [1.54, 1.807) is 31.2 Å². The number of carbonyl (C=O) groups excluding carboxylic acids is 1. The first-order chi connectivity index (χ1) is 11.5. The van der Waals surface area contributed by atoms with E-state index in [1.165, 1.54) is 9.70 Å². The molecule has 126 valence electrons. The fourth-order valence-electron chi connectivity index (χ4n) is 2.43. The van der Waals surface area contributed by atoms with E-state index in [2.05, 4.69) is 10.2 Å². The highest BCUT2D eigenvalue weighted by Gasteiger charge is 2.31. The maximum absolute atomic E-state index is 12.6. The molecule has 0 aliphatic carbocycles. The molecule has 0 bridgehead atoms. The zero-order valence-electron chi connectivity index (χ0n) is 12.8. The molecule has 0 saturated carbocycles. The van der Waals surface area contributed by atoms with Crippen LogP contribution >= 0.6 is 11.6 Å². The van der Waals surface area contributed by atoms with Crippen molar-refractivity contribution in [1.82, 2.24) is 19.9 Å². The number of carbonyl (C=O) groups is 2. The van der Waals surface area contributed by atoms with Crippen LogP contribution in [0.2, 0.25) is 5.02 Å². The molecule has 24 heavy (non-hydrogen) atoms. The third kappa shape index (κ3) is 3.24. The van der Waals surface area contributed by atoms with Crippen molar-refractivity contribution in [3.8, 4) is 5.69 Å². The van der Waals surface area contributed by atoms with Crippen LogP contribution in [-0.4, -0.2) is 62.7 Å². The van der Waals surface area contributed by atoms with E-state index in [1.807, 2.05) is 0 Å². The number of aryl methyl sites for hydroxylation is 1. The number of ether oxygens (including phenoxy) is 1. The van der Waals surface area contributed by atoms with Crippen LogP contribution in [0, 0.1) is 6.92 Å². The van der Waals surface area contributed by atoms with Crippen LogP contribution < -0.4 is 0 Å². The van der Waals surface area contributed by atoms with Gasteiger partial charge in [-0.1, -0.05) is 17.7 Å². The van der Waals surface area contributed by atoms with Crippen LogP contribution in [0.1, 0.15) is 16.2 Å². The van der Waals surface area contributed by atoms with Crippen molar-refractivity contribution < 1.29 is 19.4 Å². The SMILES string of the molecule is Cc1nn(-c2cccc(Cl)c2)nc1C(=O)N1CCO[C@H](C(=O)O)C1. The number of hydrogen-bond acceptors (Lipinski definition) is 5. The summed E-state index contributed by atoms with van der Waals surface area (Å²) in [5, 5.41) is 18.0. The summed E-state index contributed by atoms with van der Waals surface area (Å²) in [5.41, 5.74) is 1.27. The number of hydrogen-bond donors (Lipinski definition) is 1. The summed E-state index contributed by atoms with van der Waals surface area (Å²) in [4.78, 5) is 26.4. The van der Waals surface area contributed by atoms with Crippen LogP contribution in [0.3, 0.4) is 0 Å². The number of carboxylic acid groups (broad SMARTS) is 1. The van der Waals surface area contributed by atoms with E-state index in [4.69, 9.17) is 21.4 Å². The Bertz CT molecular complexity index is 792. The number of aliphatic carboxylic acids is 1. The topological polar surface area (TPSA) is 97.5 Å². The second-order valence-electron chi connectivity index (χ2n) is 5.35. The van der Waals surface area contributed by atoms with E-state index in [-0.39, 0.29) is 24.8 Å². The molecule has 1 saturated heterocycles. The molecule has 1 N–H and O–H groups in total. The van der Waals surface area contributed by atoms with Crippen molar-refractivity contribution in [1.29, 1.82) is 0 Å². The molecule has 0 unspecified atom stereocenters. The predicted molar refractivity (Wildman–Crippen MR) is 84.4 cm³/mol. The molecule has 1 fully saturated rings. The van der Waals surface area contributed by atoms with E-state index in [0.717, 1.165) is 0 Å². The number of carboxylic acids is 1. The minimum absolute atomic E-state index is 0.0162. The molecule has 2 heterocycles. The molecule has 1 aliphatic rings. The molecule has 1 aliphatic heterocycles. The van der Waals surface area contributed by atoms with Crippen LogP contribution in [0.5, 0.6) is 0 Å². The summed E-state index contributed by atoms with van der Waals surface area (Å²) in [6, 6.07) is 6.95. The van der Waals surface area contributed by atoms with Crippen molar-refractivity contribution in [2.45, 2.75) is 13.0 Å². The normalized spacial score (nSPS) is 17.8. The second-order valence-corrected chi connectivity index (χ2v) is 5.79. The minimum atomic E-state index is -1.09. The van der Waals surface area contributed by atoms with Gasteiger partial charge in [-0.15, -0.1) is 5.10 Å². The molecule has 9 heteroatoms. The zero-order chi connectivity index (χ0) is 17.3. The number of nitrogens with zero attached hydrogens (tertiary/aromatic N) is 4. The molecule has 8 nitrogen and oxygen atoms in total. The summed E-state index contributed by atoms with van der Waals surface area (Å²) in [6.07, 6.45) is -1.02. The van der Waals surface area contributed by atoms with Gasteiger partial charge in [-0.2, -0.15) is 9.90 Å². The number of aromatic nitrogens is 3. The van der Waals surface area contributed by atoms with Crippen LogP contribution in [0.4, 0.5) is 0 Å². The molecule has 1 aromatic heterocycles. The zero-order valence-corrected chi connectivity index (χ0v) is 13.6. The fraction of sp³-hybridized carbons (Fsp3) is 0.333. The van der Waals surface area contributed by atoms with Gasteiger partial charge < -0.3 is 14.7 Å². The Labute approximate surface area is 142 Å². The lowest BCUT2D eigenvalue weighted by Crippen LogP contribution is -2.48. The van der Waals surface area contributed by atoms with E-state index in [0.29, 0.717) is 22.9 Å². The highest BCUT2D eigenvalue weighted by molar-refractivity contribution is 6.30. The first-order valence-electron chi connectivity index (χ1n) is 7.29. The first kappa shape index (κ1) is 16.4. The van der Waals surface area contributed by atoms with Crippen LogP contribution in [-0.2, 0) is 9.53 Å². The van der Waals surface area contributed by atoms with Crippen molar-refractivity contribution in [2.24, 2.45) is 0 Å². The lowest BCUT2D eigenvalue weighted by molar-refractivity contribution is -0.154. The van der Waals surface area contributed by atoms with Gasteiger partial charge in [0.15, 0.2) is 11.8 Å². The fourth-order valence-corrected chi connectivity index (χ4v) is 2.61. The largest absolute Gasteiger partial charge is 0.479 e. The molecular weight excluding hydrogens is 336 g/mol. The van der Waals surface area contributed by atoms with Gasteiger partial charge in [0.25, 0.3) is 5.91 Å². The summed E-state index contributed by atoms with van der Waals surface area (Å²) < 4.78 is 5.12. The monoisotopic (exact) mass is 350 g/mol. The smallest absolute Gasteiger partial charge is 0.334 e. The Balaban J connectivity index is 1.84. The van der Waals surface area contributed by atoms with Crippen molar-refractivity contribution in [2.75, 3.05) is 19.7 Å². The van der Waals surface area contributed by atoms with Crippen LogP contribution in [0.25, 0.3) is 5.69 Å². The number of morpholine rings is 1. The molecule has 2 aromatic rings. The molecule has 1 amide bonds. The van der Waals surface area contributed by atoms with Gasteiger partial charge in [0.1, 0.15) is 0 Å². The van der Waals surface area contributed by atoms with E-state index >= 15 is 0 Å². The van der Waals surface area contributed by atoms with Gasteiger partial charge in [0, 0.05) is 11.6 Å². The summed E-state index contributed by atoms with van der Waals surface area (Å²) in [6.45, 7) is 2.14. The van der Waals surface area contributed by atoms with Gasteiger partial charge in [0.05, 0.1) is 24.5 Å². The number of amides is 1. The first-order valence-corrected chi connectivity index (χ1v) is 7.67. The Morgan fingerprint density at radius 1 is 1.38 bits per heavy atom. The third-order valence-corrected chi connectivity index (χ3v) is 3.89. The van der Waals surface area contributed by atoms with E-state index < -0.39 is 12.1 Å². The molecule has 0 spiro atoms. The minimum Gasteiger partial charge on any atom is -0.479 e. The predicted octanol–water partition coefficient (Wildman–Crippen LogP) is 1.15. The Kier molecular flexibility index (Phi) is 4.50. The van der Waals surface area contributed by atoms with Gasteiger partial charge in [0.2, 0.25) is 0 Å². The Morgan fingerprint density at radius 2 is 2.17 bits per heavy atom. The molecule has 3 rings (SSSR count). The lowest BCUT2D eigenvalue weighted by atomic mass is 10.2. The molecule has 1 atom stereocenters. The average Bonchev–Trinajstić information content (AvgIpc) is 2.96. The Hall–Kier alpha value is -2.45. The highest BCUT2D eigenvalue weighted by Crippen LogP contribution is 2.16. The molecule has 0 radical (unpaired) electrons. The summed E-state index contributed by atoms with van der Waals surface area (Å²) in [5.74, 6) is -1.46. The second kappa shape index (κ2) is 6.58. The molecular formula is C15H15ClN4O4. The van der Waals surface area contributed by atoms with Crippen molar-refractivity contribution >= 4 is 23.5 Å². The van der Waals surface area contributed by atoms with Gasteiger partial charge in [-0.05, 0) is 25.1 Å². The average molecular weight is 351 g/mol. The summed E-state index contributed by atoms with van der Waals surface area (Å²) in [7, 11) is 0. The summed E-state index contributed by atoms with van der Waals surface area (Å²) >= 11 is 5.96. The lowest BCUT2D eigenvalue weighted by Gasteiger charge is -2.30. The highest BCUT2D eigenvalue weighted by atomic mass is 35.5. The van der Waals surface area contributed by atoms with Gasteiger partial charge in [-0.3, -0.25) is 4.79 Å². The maximum atomic E-state index is 12.6. The van der Waals surface area contributed by atoms with E-state index in [9.17, 15) is 9.59 Å². The standard InChI is InChI=1S/C15H15ClN4O4/c1-9-13(14(21)19-5-6-24-12(8-19)15(22)23)18-20(17-9)11-4-2-3-10(16)7-11/h2-4,7,12H,5-6,8H2,1H3,(H,22,23)/t12-/m0/s1. The number of benzene rings is 1. The van der Waals surface area contributed by atoms with Gasteiger partial charge in [-0.25, -0.2) is 4.79 Å². The van der Waals surface area contributed by atoms with Crippen molar-refractivity contribution in [3.05, 3.63) is 40.7 Å². The number of rotatable bonds is 3. The maximum Gasteiger partial charge on any atom is 0.334 e. The van der Waals surface area contributed by atoms with Gasteiger partial charge >= 0.3 is 5.97 Å². The molecule has 1 aromatic carbocycles. The quantitative estimate of drug-likeness (QED) is 0.892. The third-order valence-electron chi connectivity index (χ3n) is 3.65. The Morgan fingerprint density at radius 3 is 2.88 bits per heavy atom. The van der Waals surface area contributed by atoms with Crippen LogP contribution in [0.15, 0.2) is 24.3 Å². The van der Waals surface area contributed by atoms with Crippen molar-refractivity contribution in [3.63, 3.8) is 0 Å². The number of halogens is 1.